The highest BCUT2D eigenvalue weighted by Crippen LogP contribution is 2.30. The number of aryl methyl sites for hydroxylation is 1. The second-order valence-corrected chi connectivity index (χ2v) is 9.43. The average Bonchev–Trinajstić information content (AvgIpc) is 3.23. The molecule has 0 saturated heterocycles. The number of methoxy groups -OCH3 is 2. The van der Waals surface area contributed by atoms with E-state index in [2.05, 4.69) is 21.7 Å². The largest absolute Gasteiger partial charge is 0.496 e. The Morgan fingerprint density at radius 3 is 2.44 bits per heavy atom. The molecule has 0 saturated carbocycles. The minimum Gasteiger partial charge on any atom is -0.496 e. The van der Waals surface area contributed by atoms with Crippen LogP contribution < -0.4 is 20.1 Å². The van der Waals surface area contributed by atoms with E-state index in [4.69, 9.17) is 9.47 Å². The molecule has 0 aliphatic heterocycles. The van der Waals surface area contributed by atoms with Crippen LogP contribution in [-0.4, -0.2) is 36.8 Å². The molecule has 0 fully saturated rings. The molecule has 34 heavy (non-hydrogen) atoms. The van der Waals surface area contributed by atoms with Gasteiger partial charge in [0.1, 0.15) is 17.1 Å². The number of ether oxygens (including phenoxy) is 2. The predicted octanol–water partition coefficient (Wildman–Crippen LogP) is 5.61. The third-order valence-electron chi connectivity index (χ3n) is 4.91. The number of carbonyl (C=O) groups is 2. The van der Waals surface area contributed by atoms with Crippen molar-refractivity contribution in [2.75, 3.05) is 30.6 Å². The standard InChI is InChI=1S/C25H23N3O4S2/c1-15-10-11-18-21(12-15)34-25(27-18)28-22(29)14-33-17-7-4-6-16(13-17)26-24(30)23-19(31-2)8-5-9-20(23)32-3/h4-13H,14H2,1-3H3,(H,26,30)(H,27,28,29). The molecule has 1 heterocycles. The molecular formula is C25H23N3O4S2. The van der Waals surface area contributed by atoms with E-state index in [1.54, 1.807) is 24.3 Å². The highest BCUT2D eigenvalue weighted by molar-refractivity contribution is 8.00. The van der Waals surface area contributed by atoms with Crippen LogP contribution in [0.25, 0.3) is 10.2 Å². The SMILES string of the molecule is COc1cccc(OC)c1C(=O)Nc1cccc(SCC(=O)Nc2nc3ccc(C)cc3s2)c1. The fourth-order valence-electron chi connectivity index (χ4n) is 3.32. The van der Waals surface area contributed by atoms with E-state index < -0.39 is 0 Å². The number of nitrogens with one attached hydrogen (secondary N) is 2. The van der Waals surface area contributed by atoms with E-state index >= 15 is 0 Å². The number of nitrogens with zero attached hydrogens (tertiary/aromatic N) is 1. The fourth-order valence-corrected chi connectivity index (χ4v) is 5.06. The molecule has 0 radical (unpaired) electrons. The monoisotopic (exact) mass is 493 g/mol. The molecule has 0 aliphatic rings. The second kappa shape index (κ2) is 10.6. The zero-order valence-corrected chi connectivity index (χ0v) is 20.5. The molecule has 0 atom stereocenters. The summed E-state index contributed by atoms with van der Waals surface area (Å²) in [6, 6.07) is 18.5. The van der Waals surface area contributed by atoms with Gasteiger partial charge >= 0.3 is 0 Å². The van der Waals surface area contributed by atoms with Gasteiger partial charge in [-0.25, -0.2) is 4.98 Å². The third-order valence-corrected chi connectivity index (χ3v) is 6.83. The van der Waals surface area contributed by atoms with Crippen LogP contribution in [0.1, 0.15) is 15.9 Å². The first kappa shape index (κ1) is 23.6. The first-order valence-electron chi connectivity index (χ1n) is 10.4. The molecule has 174 valence electrons. The van der Waals surface area contributed by atoms with Gasteiger partial charge in [-0.15, -0.1) is 11.8 Å². The number of hydrogen-bond donors (Lipinski definition) is 2. The van der Waals surface area contributed by atoms with Crippen LogP contribution in [0.4, 0.5) is 10.8 Å². The summed E-state index contributed by atoms with van der Waals surface area (Å²) in [6.07, 6.45) is 0. The number of benzene rings is 3. The van der Waals surface area contributed by atoms with Gasteiger partial charge in [-0.3, -0.25) is 9.59 Å². The van der Waals surface area contributed by atoms with Gasteiger partial charge < -0.3 is 20.1 Å². The second-order valence-electron chi connectivity index (χ2n) is 7.35. The van der Waals surface area contributed by atoms with Crippen LogP contribution in [-0.2, 0) is 4.79 Å². The van der Waals surface area contributed by atoms with Crippen molar-refractivity contribution in [3.8, 4) is 11.5 Å². The Bertz CT molecular complexity index is 1330. The van der Waals surface area contributed by atoms with Crippen molar-refractivity contribution in [2.24, 2.45) is 0 Å². The number of fused-ring (bicyclic) bond motifs is 1. The molecule has 7 nitrogen and oxygen atoms in total. The van der Waals surface area contributed by atoms with Crippen LogP contribution in [0.15, 0.2) is 65.6 Å². The number of thiazole rings is 1. The molecule has 4 rings (SSSR count). The Balaban J connectivity index is 1.39. The molecule has 2 amide bonds. The summed E-state index contributed by atoms with van der Waals surface area (Å²) in [5.74, 6) is 0.564. The van der Waals surface area contributed by atoms with Crippen LogP contribution in [0, 0.1) is 6.92 Å². The first-order valence-corrected chi connectivity index (χ1v) is 12.2. The summed E-state index contributed by atoms with van der Waals surface area (Å²) in [7, 11) is 3.01. The summed E-state index contributed by atoms with van der Waals surface area (Å²) in [4.78, 5) is 30.7. The van der Waals surface area contributed by atoms with E-state index in [0.717, 1.165) is 20.7 Å². The third kappa shape index (κ3) is 5.49. The van der Waals surface area contributed by atoms with Gasteiger partial charge in [0.05, 0.1) is 30.2 Å². The lowest BCUT2D eigenvalue weighted by Crippen LogP contribution is -2.15. The Kier molecular flexibility index (Phi) is 7.34. The molecule has 0 aliphatic carbocycles. The molecule has 4 aromatic rings. The average molecular weight is 494 g/mol. The molecule has 2 N–H and O–H groups in total. The van der Waals surface area contributed by atoms with Gasteiger partial charge in [-0.05, 0) is 55.0 Å². The lowest BCUT2D eigenvalue weighted by molar-refractivity contribution is -0.113. The zero-order chi connectivity index (χ0) is 24.1. The smallest absolute Gasteiger partial charge is 0.263 e. The van der Waals surface area contributed by atoms with Gasteiger partial charge in [-0.1, -0.05) is 29.5 Å². The maximum atomic E-state index is 12.9. The van der Waals surface area contributed by atoms with Crippen LogP contribution >= 0.6 is 23.1 Å². The van der Waals surface area contributed by atoms with E-state index in [-0.39, 0.29) is 17.6 Å². The van der Waals surface area contributed by atoms with Crippen LogP contribution in [0.5, 0.6) is 11.5 Å². The molecule has 0 bridgehead atoms. The minimum absolute atomic E-state index is 0.144. The number of aromatic nitrogens is 1. The van der Waals surface area contributed by atoms with Gasteiger partial charge in [0.2, 0.25) is 5.91 Å². The van der Waals surface area contributed by atoms with Crippen molar-refractivity contribution in [3.05, 3.63) is 71.8 Å². The predicted molar refractivity (Wildman–Crippen MR) is 138 cm³/mol. The summed E-state index contributed by atoms with van der Waals surface area (Å²) in [5.41, 5.74) is 2.94. The van der Waals surface area contributed by atoms with E-state index in [1.807, 2.05) is 37.3 Å². The Morgan fingerprint density at radius 1 is 0.971 bits per heavy atom. The van der Waals surface area contributed by atoms with Crippen molar-refractivity contribution in [2.45, 2.75) is 11.8 Å². The summed E-state index contributed by atoms with van der Waals surface area (Å²) < 4.78 is 11.7. The summed E-state index contributed by atoms with van der Waals surface area (Å²) in [6.45, 7) is 2.03. The Labute approximate surface area is 205 Å². The van der Waals surface area contributed by atoms with Gasteiger partial charge in [0, 0.05) is 10.6 Å². The molecule has 0 unspecified atom stereocenters. The topological polar surface area (TPSA) is 89.5 Å². The maximum Gasteiger partial charge on any atom is 0.263 e. The maximum absolute atomic E-state index is 12.9. The number of anilines is 2. The van der Waals surface area contributed by atoms with Crippen molar-refractivity contribution < 1.29 is 19.1 Å². The summed E-state index contributed by atoms with van der Waals surface area (Å²) in [5, 5.41) is 6.32. The van der Waals surface area contributed by atoms with Gasteiger partial charge in [0.15, 0.2) is 5.13 Å². The molecule has 1 aromatic heterocycles. The number of hydrogen-bond acceptors (Lipinski definition) is 7. The van der Waals surface area contributed by atoms with Gasteiger partial charge in [0.25, 0.3) is 5.91 Å². The highest BCUT2D eigenvalue weighted by atomic mass is 32.2. The van der Waals surface area contributed by atoms with Crippen molar-refractivity contribution in [1.82, 2.24) is 4.98 Å². The Hall–Kier alpha value is -3.56. The highest BCUT2D eigenvalue weighted by Gasteiger charge is 2.18. The quantitative estimate of drug-likeness (QED) is 0.310. The molecule has 9 heteroatoms. The number of carbonyl (C=O) groups excluding carboxylic acids is 2. The van der Waals surface area contributed by atoms with Crippen molar-refractivity contribution in [3.63, 3.8) is 0 Å². The summed E-state index contributed by atoms with van der Waals surface area (Å²) >= 11 is 2.83. The number of amides is 2. The zero-order valence-electron chi connectivity index (χ0n) is 18.9. The first-order chi connectivity index (χ1) is 16.5. The van der Waals surface area contributed by atoms with Crippen LogP contribution in [0.2, 0.25) is 0 Å². The molecule has 3 aromatic carbocycles. The minimum atomic E-state index is -0.347. The van der Waals surface area contributed by atoms with E-state index in [1.165, 1.54) is 37.3 Å². The number of rotatable bonds is 8. The molecular weight excluding hydrogens is 470 g/mol. The molecule has 0 spiro atoms. The lowest BCUT2D eigenvalue weighted by atomic mass is 10.1. The van der Waals surface area contributed by atoms with Crippen molar-refractivity contribution >= 4 is 55.9 Å². The van der Waals surface area contributed by atoms with E-state index in [0.29, 0.717) is 27.9 Å². The fraction of sp³-hybridized carbons (Fsp3) is 0.160. The Morgan fingerprint density at radius 2 is 1.71 bits per heavy atom. The normalized spacial score (nSPS) is 10.7. The van der Waals surface area contributed by atoms with E-state index in [9.17, 15) is 9.59 Å². The van der Waals surface area contributed by atoms with Crippen molar-refractivity contribution in [1.29, 1.82) is 0 Å². The van der Waals surface area contributed by atoms with Gasteiger partial charge in [-0.2, -0.15) is 0 Å². The lowest BCUT2D eigenvalue weighted by Gasteiger charge is -2.13. The number of thioether (sulfide) groups is 1. The van der Waals surface area contributed by atoms with Crippen LogP contribution in [0.3, 0.4) is 0 Å².